The van der Waals surface area contributed by atoms with Crippen LogP contribution in [0, 0.1) is 0 Å². The second kappa shape index (κ2) is 24.0. The Bertz CT molecular complexity index is 2120. The van der Waals surface area contributed by atoms with E-state index in [2.05, 4.69) is 16.6 Å². The molecule has 0 spiro atoms. The minimum Gasteiger partial charge on any atom is -0.387 e. The Kier molecular flexibility index (Phi) is 17.4. The van der Waals surface area contributed by atoms with Gasteiger partial charge in [-0.3, -0.25) is 0 Å². The second-order valence-electron chi connectivity index (χ2n) is 15.5. The highest BCUT2D eigenvalue weighted by Gasteiger charge is 2.56. The molecule has 1 aliphatic heterocycles. The number of hydrogen-bond acceptors (Lipinski definition) is 11. The zero-order chi connectivity index (χ0) is 43.6. The molecule has 2 aliphatic rings. The maximum atomic E-state index is 12.2. The molecule has 5 aromatic rings. The van der Waals surface area contributed by atoms with Crippen molar-refractivity contribution in [3.8, 4) is 0 Å². The predicted molar refractivity (Wildman–Crippen MR) is 235 cm³/mol. The molecule has 0 amide bonds. The van der Waals surface area contributed by atoms with Crippen LogP contribution in [0.15, 0.2) is 169 Å². The van der Waals surface area contributed by atoms with Gasteiger partial charge in [-0.15, -0.1) is 6.58 Å². The molecule has 63 heavy (non-hydrogen) atoms. The highest BCUT2D eigenvalue weighted by Crippen LogP contribution is 2.37. The van der Waals surface area contributed by atoms with Gasteiger partial charge in [0, 0.05) is 4.91 Å². The van der Waals surface area contributed by atoms with Gasteiger partial charge in [0.25, 0.3) is 0 Å². The lowest BCUT2D eigenvalue weighted by molar-refractivity contribution is -0.334. The van der Waals surface area contributed by atoms with Crippen LogP contribution in [0.1, 0.15) is 27.8 Å². The molecule has 13 nitrogen and oxygen atoms in total. The maximum Gasteiger partial charge on any atom is 0.169 e. The molecular formula is C50H55N3O10. The van der Waals surface area contributed by atoms with Crippen LogP contribution < -0.4 is 0 Å². The highest BCUT2D eigenvalue weighted by atomic mass is 16.7. The number of azide groups is 1. The number of aliphatic hydroxyl groups is 2. The zero-order valence-electron chi connectivity index (χ0n) is 35.0. The number of aliphatic hydroxyl groups excluding tert-OH is 2. The smallest absolute Gasteiger partial charge is 0.169 e. The fourth-order valence-electron chi connectivity index (χ4n) is 7.86. The Morgan fingerprint density at radius 1 is 0.524 bits per heavy atom. The van der Waals surface area contributed by atoms with Crippen LogP contribution in [0.3, 0.4) is 0 Å². The molecule has 1 aliphatic carbocycles. The van der Waals surface area contributed by atoms with Gasteiger partial charge in [0.1, 0.15) is 61.0 Å². The first-order chi connectivity index (χ1) is 31.0. The van der Waals surface area contributed by atoms with E-state index in [1.165, 1.54) is 0 Å². The summed E-state index contributed by atoms with van der Waals surface area (Å²) < 4.78 is 52.6. The third-order valence-corrected chi connectivity index (χ3v) is 11.0. The third kappa shape index (κ3) is 12.7. The van der Waals surface area contributed by atoms with Gasteiger partial charge >= 0.3 is 0 Å². The molecule has 2 fully saturated rings. The van der Waals surface area contributed by atoms with Crippen molar-refractivity contribution in [2.45, 2.75) is 100 Å². The fraction of sp³-hybridized carbons (Fsp3) is 0.360. The summed E-state index contributed by atoms with van der Waals surface area (Å²) in [5, 5.41) is 28.4. The second-order valence-corrected chi connectivity index (χ2v) is 15.5. The molecule has 1 saturated carbocycles. The highest BCUT2D eigenvalue weighted by molar-refractivity contribution is 5.18. The molecule has 0 unspecified atom stereocenters. The van der Waals surface area contributed by atoms with Crippen LogP contribution in [0.5, 0.6) is 0 Å². The standard InChI is InChI=1S/C50H55N3O10/c1-2-28-57-44-40(34-56-29-35-18-8-3-9-19-35)62-50(41(52-53-51)45(44)58-30-36-20-10-4-11-21-36)63-47-43(55)42(54)46(59-31-37-22-12-5-13-23-37)48(60-32-38-24-14-6-15-25-38)49(47)61-33-39-26-16-7-17-27-39/h2-27,40-50,54-55H,1,28-34H2/t40-,41-,42+,43-,44-,45-,46+,47+,48-,49-,50-/m1/s1. The van der Waals surface area contributed by atoms with Gasteiger partial charge in [0.2, 0.25) is 0 Å². The minimum atomic E-state index is -1.59. The van der Waals surface area contributed by atoms with Crippen molar-refractivity contribution in [3.63, 3.8) is 0 Å². The lowest BCUT2D eigenvalue weighted by Crippen LogP contribution is -2.68. The van der Waals surface area contributed by atoms with Gasteiger partial charge in [-0.2, -0.15) is 0 Å². The van der Waals surface area contributed by atoms with Gasteiger partial charge in [-0.1, -0.05) is 163 Å². The van der Waals surface area contributed by atoms with E-state index in [0.717, 1.165) is 27.8 Å². The summed E-state index contributed by atoms with van der Waals surface area (Å²) in [6, 6.07) is 46.9. The van der Waals surface area contributed by atoms with Crippen molar-refractivity contribution in [1.82, 2.24) is 0 Å². The first kappa shape index (κ1) is 45.8. The molecule has 1 heterocycles. The minimum absolute atomic E-state index is 0.0345. The molecule has 13 heteroatoms. The number of benzene rings is 5. The normalized spacial score (nSPS) is 27.0. The van der Waals surface area contributed by atoms with Gasteiger partial charge in [0.05, 0.1) is 46.2 Å². The molecule has 2 N–H and O–H groups in total. The van der Waals surface area contributed by atoms with Gasteiger partial charge < -0.3 is 48.1 Å². The van der Waals surface area contributed by atoms with Crippen LogP contribution >= 0.6 is 0 Å². The number of rotatable bonds is 22. The Balaban J connectivity index is 1.24. The summed E-state index contributed by atoms with van der Waals surface area (Å²) in [7, 11) is 0. The number of hydrogen-bond donors (Lipinski definition) is 2. The summed E-state index contributed by atoms with van der Waals surface area (Å²) in [4.78, 5) is 3.21. The van der Waals surface area contributed by atoms with E-state index in [1.807, 2.05) is 152 Å². The van der Waals surface area contributed by atoms with Gasteiger partial charge in [0.15, 0.2) is 6.29 Å². The molecule has 1 saturated heterocycles. The van der Waals surface area contributed by atoms with Gasteiger partial charge in [-0.05, 0) is 33.3 Å². The molecule has 0 radical (unpaired) electrons. The molecule has 11 atom stereocenters. The quantitative estimate of drug-likeness (QED) is 0.0306. The average molecular weight is 858 g/mol. The fourth-order valence-corrected chi connectivity index (χ4v) is 7.86. The van der Waals surface area contributed by atoms with Crippen LogP contribution in [0.2, 0.25) is 0 Å². The largest absolute Gasteiger partial charge is 0.387 e. The first-order valence-electron chi connectivity index (χ1n) is 21.2. The van der Waals surface area contributed by atoms with Crippen molar-refractivity contribution in [2.24, 2.45) is 5.11 Å². The monoisotopic (exact) mass is 857 g/mol. The van der Waals surface area contributed by atoms with E-state index in [1.54, 1.807) is 6.08 Å². The molecular weight excluding hydrogens is 803 g/mol. The van der Waals surface area contributed by atoms with Crippen molar-refractivity contribution >= 4 is 0 Å². The summed E-state index contributed by atoms with van der Waals surface area (Å²) in [6.07, 6.45) is -9.86. The van der Waals surface area contributed by atoms with Crippen LogP contribution in [-0.2, 0) is 70.9 Å². The lowest BCUT2D eigenvalue weighted by atomic mass is 9.83. The van der Waals surface area contributed by atoms with Crippen LogP contribution in [0.4, 0.5) is 0 Å². The van der Waals surface area contributed by atoms with Crippen molar-refractivity contribution in [3.05, 3.63) is 203 Å². The van der Waals surface area contributed by atoms with E-state index >= 15 is 0 Å². The number of nitrogens with zero attached hydrogens (tertiary/aromatic N) is 3. The van der Waals surface area contributed by atoms with Crippen molar-refractivity contribution in [2.75, 3.05) is 13.2 Å². The summed E-state index contributed by atoms with van der Waals surface area (Å²) in [5.74, 6) is 0. The maximum absolute atomic E-state index is 12.2. The molecule has 5 aromatic carbocycles. The van der Waals surface area contributed by atoms with E-state index < -0.39 is 67.3 Å². The molecule has 0 aromatic heterocycles. The summed E-state index contributed by atoms with van der Waals surface area (Å²) >= 11 is 0. The van der Waals surface area contributed by atoms with E-state index in [0.29, 0.717) is 0 Å². The summed E-state index contributed by atoms with van der Waals surface area (Å²) in [5.41, 5.74) is 14.5. The zero-order valence-corrected chi connectivity index (χ0v) is 35.0. The molecule has 7 rings (SSSR count). The van der Waals surface area contributed by atoms with E-state index in [9.17, 15) is 15.7 Å². The van der Waals surface area contributed by atoms with Crippen LogP contribution in [0.25, 0.3) is 10.4 Å². The van der Waals surface area contributed by atoms with Crippen LogP contribution in [-0.4, -0.2) is 90.7 Å². The van der Waals surface area contributed by atoms with Crippen molar-refractivity contribution in [1.29, 1.82) is 0 Å². The lowest BCUT2D eigenvalue weighted by Gasteiger charge is -2.50. The first-order valence-corrected chi connectivity index (χ1v) is 21.2. The summed E-state index contributed by atoms with van der Waals surface area (Å²) in [6.45, 7) is 4.81. The molecule has 0 bridgehead atoms. The van der Waals surface area contributed by atoms with E-state index in [-0.39, 0.29) is 46.2 Å². The Morgan fingerprint density at radius 3 is 1.37 bits per heavy atom. The predicted octanol–water partition coefficient (Wildman–Crippen LogP) is 7.64. The Hall–Kier alpha value is -5.25. The average Bonchev–Trinajstić information content (AvgIpc) is 3.33. The number of ether oxygens (including phenoxy) is 8. The Labute approximate surface area is 368 Å². The van der Waals surface area contributed by atoms with Gasteiger partial charge in [-0.25, -0.2) is 0 Å². The third-order valence-electron chi connectivity index (χ3n) is 11.0. The Morgan fingerprint density at radius 2 is 0.921 bits per heavy atom. The van der Waals surface area contributed by atoms with Crippen molar-refractivity contribution < 1.29 is 48.1 Å². The molecule has 330 valence electrons. The van der Waals surface area contributed by atoms with E-state index in [4.69, 9.17) is 37.9 Å². The SMILES string of the molecule is C=CCO[C@H]1[C@H](OCc2ccccc2)[C@@H](N=[N+]=[N-])[C@@H](O[C@H]2[C@H](O)[C@H](O)[C@H](OCc3ccccc3)[C@@H](OCc3ccccc3)[C@@H]2OCc2ccccc2)O[C@@H]1COCc1ccccc1. The topological polar surface area (TPSA) is 163 Å².